The van der Waals surface area contributed by atoms with Crippen molar-refractivity contribution in [2.24, 2.45) is 0 Å². The molecule has 24 heavy (non-hydrogen) atoms. The Morgan fingerprint density at radius 3 is 2.62 bits per heavy atom. The number of Topliss-reactive ketones (excluding diaryl/α,β-unsaturated/α-hetero) is 1. The molecule has 2 aromatic heterocycles. The predicted molar refractivity (Wildman–Crippen MR) is 94.8 cm³/mol. The van der Waals surface area contributed by atoms with E-state index in [1.807, 2.05) is 41.8 Å². The summed E-state index contributed by atoms with van der Waals surface area (Å²) in [6, 6.07) is 14.0. The third-order valence-electron chi connectivity index (χ3n) is 3.67. The minimum Gasteiger partial charge on any atom is -0.299 e. The number of hydrogen-bond donors (Lipinski definition) is 0. The zero-order chi connectivity index (χ0) is 16.9. The Morgan fingerprint density at radius 2 is 1.96 bits per heavy atom. The molecule has 0 amide bonds. The molecule has 0 aliphatic heterocycles. The SMILES string of the molecule is CC(=O)C(C)Sc1nnc(-c2cccnc2)n1Cc1ccccc1. The Hall–Kier alpha value is -2.47. The average Bonchev–Trinajstić information content (AvgIpc) is 2.99. The molecule has 0 N–H and O–H groups in total. The number of nitrogens with zero attached hydrogens (tertiary/aromatic N) is 4. The van der Waals surface area contributed by atoms with E-state index in [0.717, 1.165) is 22.1 Å². The van der Waals surface area contributed by atoms with Crippen molar-refractivity contribution in [3.63, 3.8) is 0 Å². The largest absolute Gasteiger partial charge is 0.299 e. The van der Waals surface area contributed by atoms with Gasteiger partial charge in [-0.1, -0.05) is 42.1 Å². The molecule has 0 saturated heterocycles. The second kappa shape index (κ2) is 7.40. The van der Waals surface area contributed by atoms with Crippen LogP contribution in [0.5, 0.6) is 0 Å². The highest BCUT2D eigenvalue weighted by Crippen LogP contribution is 2.27. The van der Waals surface area contributed by atoms with Gasteiger partial charge in [0.2, 0.25) is 0 Å². The van der Waals surface area contributed by atoms with Crippen molar-refractivity contribution in [1.29, 1.82) is 0 Å². The second-order valence-corrected chi connectivity index (χ2v) is 6.80. The highest BCUT2D eigenvalue weighted by Gasteiger charge is 2.19. The maximum Gasteiger partial charge on any atom is 0.192 e. The van der Waals surface area contributed by atoms with Gasteiger partial charge >= 0.3 is 0 Å². The van der Waals surface area contributed by atoms with Crippen LogP contribution in [0.2, 0.25) is 0 Å². The molecule has 3 rings (SSSR count). The van der Waals surface area contributed by atoms with Crippen molar-refractivity contribution in [2.45, 2.75) is 30.8 Å². The molecule has 3 aromatic rings. The van der Waals surface area contributed by atoms with E-state index in [0.29, 0.717) is 6.54 Å². The van der Waals surface area contributed by atoms with Gasteiger partial charge in [-0.25, -0.2) is 0 Å². The van der Waals surface area contributed by atoms with Crippen molar-refractivity contribution in [3.8, 4) is 11.4 Å². The first-order chi connectivity index (χ1) is 11.6. The zero-order valence-electron chi connectivity index (χ0n) is 13.6. The van der Waals surface area contributed by atoms with Crippen LogP contribution in [0.1, 0.15) is 19.4 Å². The van der Waals surface area contributed by atoms with Crippen molar-refractivity contribution in [2.75, 3.05) is 0 Å². The third-order valence-corrected chi connectivity index (χ3v) is 4.87. The van der Waals surface area contributed by atoms with Gasteiger partial charge in [0.25, 0.3) is 0 Å². The fourth-order valence-corrected chi connectivity index (χ4v) is 3.08. The smallest absolute Gasteiger partial charge is 0.192 e. The van der Waals surface area contributed by atoms with Crippen molar-refractivity contribution in [1.82, 2.24) is 19.7 Å². The molecule has 6 heteroatoms. The molecule has 1 atom stereocenters. The molecule has 5 nitrogen and oxygen atoms in total. The Labute approximate surface area is 145 Å². The minimum atomic E-state index is -0.162. The molecular formula is C18H18N4OS. The van der Waals surface area contributed by atoms with Gasteiger partial charge in [-0.05, 0) is 31.5 Å². The Kier molecular flexibility index (Phi) is 5.05. The van der Waals surface area contributed by atoms with E-state index in [4.69, 9.17) is 0 Å². The van der Waals surface area contributed by atoms with Gasteiger partial charge in [0.15, 0.2) is 11.0 Å². The lowest BCUT2D eigenvalue weighted by Crippen LogP contribution is -2.11. The van der Waals surface area contributed by atoms with Gasteiger partial charge in [0.1, 0.15) is 5.78 Å². The van der Waals surface area contributed by atoms with Crippen LogP contribution in [-0.4, -0.2) is 30.8 Å². The molecule has 0 aliphatic rings. The van der Waals surface area contributed by atoms with Gasteiger partial charge in [-0.2, -0.15) is 0 Å². The first-order valence-electron chi connectivity index (χ1n) is 7.70. The summed E-state index contributed by atoms with van der Waals surface area (Å²) in [5.74, 6) is 0.877. The van der Waals surface area contributed by atoms with Crippen molar-refractivity contribution < 1.29 is 4.79 Å². The summed E-state index contributed by atoms with van der Waals surface area (Å²) in [7, 11) is 0. The lowest BCUT2D eigenvalue weighted by atomic mass is 10.2. The van der Waals surface area contributed by atoms with Crippen LogP contribution < -0.4 is 0 Å². The summed E-state index contributed by atoms with van der Waals surface area (Å²) in [6.45, 7) is 4.13. The number of ketones is 1. The van der Waals surface area contributed by atoms with Crippen LogP contribution in [0.3, 0.4) is 0 Å². The Morgan fingerprint density at radius 1 is 1.17 bits per heavy atom. The van der Waals surface area contributed by atoms with Gasteiger partial charge in [0, 0.05) is 18.0 Å². The molecule has 122 valence electrons. The molecular weight excluding hydrogens is 320 g/mol. The average molecular weight is 338 g/mol. The van der Waals surface area contributed by atoms with Crippen molar-refractivity contribution in [3.05, 3.63) is 60.4 Å². The number of pyridine rings is 1. The summed E-state index contributed by atoms with van der Waals surface area (Å²) in [5.41, 5.74) is 2.06. The third kappa shape index (κ3) is 3.71. The van der Waals surface area contributed by atoms with E-state index in [2.05, 4.69) is 27.3 Å². The van der Waals surface area contributed by atoms with Gasteiger partial charge < -0.3 is 0 Å². The molecule has 2 heterocycles. The highest BCUT2D eigenvalue weighted by molar-refractivity contribution is 8.00. The number of hydrogen-bond acceptors (Lipinski definition) is 5. The van der Waals surface area contributed by atoms with E-state index >= 15 is 0 Å². The van der Waals surface area contributed by atoms with Crippen LogP contribution in [0.4, 0.5) is 0 Å². The summed E-state index contributed by atoms with van der Waals surface area (Å²) in [5, 5.41) is 9.22. The van der Waals surface area contributed by atoms with Gasteiger partial charge in [-0.3, -0.25) is 14.3 Å². The standard InChI is InChI=1S/C18H18N4OS/c1-13(23)14(2)24-18-21-20-17(16-9-6-10-19-11-16)22(18)12-15-7-4-3-5-8-15/h3-11,14H,12H2,1-2H3. The van der Waals surface area contributed by atoms with E-state index in [1.165, 1.54) is 11.8 Å². The van der Waals surface area contributed by atoms with Crippen LogP contribution in [0.25, 0.3) is 11.4 Å². The highest BCUT2D eigenvalue weighted by atomic mass is 32.2. The molecule has 0 bridgehead atoms. The second-order valence-electron chi connectivity index (χ2n) is 5.49. The van der Waals surface area contributed by atoms with E-state index in [1.54, 1.807) is 19.3 Å². The number of thioether (sulfide) groups is 1. The molecule has 1 unspecified atom stereocenters. The lowest BCUT2D eigenvalue weighted by molar-refractivity contribution is -0.116. The number of benzene rings is 1. The molecule has 0 saturated carbocycles. The molecule has 0 aliphatic carbocycles. The summed E-state index contributed by atoms with van der Waals surface area (Å²) in [4.78, 5) is 15.8. The Bertz CT molecular complexity index is 818. The quantitative estimate of drug-likeness (QED) is 0.644. The number of carbonyl (C=O) groups excluding carboxylic acids is 1. The number of rotatable bonds is 6. The molecule has 0 spiro atoms. The first-order valence-corrected chi connectivity index (χ1v) is 8.57. The minimum absolute atomic E-state index is 0.122. The topological polar surface area (TPSA) is 60.7 Å². The zero-order valence-corrected chi connectivity index (χ0v) is 14.4. The maximum absolute atomic E-state index is 11.6. The predicted octanol–water partition coefficient (Wildman–Crippen LogP) is 3.46. The van der Waals surface area contributed by atoms with Gasteiger partial charge in [0.05, 0.1) is 11.8 Å². The number of aromatic nitrogens is 4. The summed E-state index contributed by atoms with van der Waals surface area (Å²) < 4.78 is 2.04. The summed E-state index contributed by atoms with van der Waals surface area (Å²) >= 11 is 1.43. The van der Waals surface area contributed by atoms with E-state index in [9.17, 15) is 4.79 Å². The van der Waals surface area contributed by atoms with Crippen LogP contribution in [0.15, 0.2) is 60.0 Å². The fourth-order valence-electron chi connectivity index (χ4n) is 2.23. The number of carbonyl (C=O) groups is 1. The molecule has 0 fully saturated rings. The lowest BCUT2D eigenvalue weighted by Gasteiger charge is -2.12. The van der Waals surface area contributed by atoms with Crippen LogP contribution >= 0.6 is 11.8 Å². The molecule has 1 aromatic carbocycles. The monoisotopic (exact) mass is 338 g/mol. The van der Waals surface area contributed by atoms with E-state index < -0.39 is 0 Å². The molecule has 0 radical (unpaired) electrons. The first kappa shape index (κ1) is 16.4. The summed E-state index contributed by atoms with van der Waals surface area (Å²) in [6.07, 6.45) is 3.50. The Balaban J connectivity index is 2.00. The maximum atomic E-state index is 11.6. The normalized spacial score (nSPS) is 12.1. The van der Waals surface area contributed by atoms with Gasteiger partial charge in [-0.15, -0.1) is 10.2 Å². The van der Waals surface area contributed by atoms with Crippen LogP contribution in [0, 0.1) is 0 Å². The fraction of sp³-hybridized carbons (Fsp3) is 0.222. The van der Waals surface area contributed by atoms with Crippen LogP contribution in [-0.2, 0) is 11.3 Å². The van der Waals surface area contributed by atoms with E-state index in [-0.39, 0.29) is 11.0 Å². The van der Waals surface area contributed by atoms with Crippen molar-refractivity contribution >= 4 is 17.5 Å².